The van der Waals surface area contributed by atoms with Crippen molar-refractivity contribution in [2.24, 2.45) is 0 Å². The molecule has 1 aliphatic rings. The number of anilines is 1. The summed E-state index contributed by atoms with van der Waals surface area (Å²) >= 11 is 1.84. The van der Waals surface area contributed by atoms with E-state index in [1.807, 2.05) is 11.8 Å². The zero-order valence-corrected chi connectivity index (χ0v) is 10.6. The molecule has 0 aromatic heterocycles. The number of carboxylic acids is 1. The van der Waals surface area contributed by atoms with Crippen LogP contribution in [0.3, 0.4) is 0 Å². The van der Waals surface area contributed by atoms with Crippen LogP contribution in [-0.2, 0) is 0 Å². The summed E-state index contributed by atoms with van der Waals surface area (Å²) in [7, 11) is 0. The summed E-state index contributed by atoms with van der Waals surface area (Å²) in [6.45, 7) is 1.51. The van der Waals surface area contributed by atoms with Gasteiger partial charge in [0.1, 0.15) is 0 Å². The van der Waals surface area contributed by atoms with Crippen molar-refractivity contribution in [1.82, 2.24) is 4.90 Å². The van der Waals surface area contributed by atoms with Gasteiger partial charge in [-0.05, 0) is 24.3 Å². The van der Waals surface area contributed by atoms with Crippen LogP contribution in [0.1, 0.15) is 10.4 Å². The minimum atomic E-state index is -0.971. The predicted octanol–water partition coefficient (Wildman–Crippen LogP) is 1.97. The number of nitrogens with zero attached hydrogens (tertiary/aromatic N) is 1. The molecule has 0 saturated carbocycles. The first-order valence-electron chi connectivity index (χ1n) is 5.64. The number of carboxylic acid groups (broad SMARTS) is 1. The fourth-order valence-electron chi connectivity index (χ4n) is 1.67. The smallest absolute Gasteiger partial charge is 0.335 e. The third-order valence-corrected chi connectivity index (χ3v) is 3.62. The van der Waals surface area contributed by atoms with E-state index in [9.17, 15) is 9.59 Å². The van der Waals surface area contributed by atoms with Crippen LogP contribution in [0.4, 0.5) is 10.5 Å². The Balaban J connectivity index is 1.96. The van der Waals surface area contributed by atoms with Gasteiger partial charge in [-0.2, -0.15) is 11.8 Å². The molecule has 1 saturated heterocycles. The highest BCUT2D eigenvalue weighted by molar-refractivity contribution is 7.99. The second-order valence-corrected chi connectivity index (χ2v) is 5.14. The van der Waals surface area contributed by atoms with E-state index in [4.69, 9.17) is 5.11 Å². The van der Waals surface area contributed by atoms with Crippen molar-refractivity contribution in [1.29, 1.82) is 0 Å². The first-order chi connectivity index (χ1) is 8.66. The molecule has 0 spiro atoms. The largest absolute Gasteiger partial charge is 0.478 e. The van der Waals surface area contributed by atoms with Gasteiger partial charge >= 0.3 is 12.0 Å². The molecule has 0 bridgehead atoms. The van der Waals surface area contributed by atoms with Crippen LogP contribution < -0.4 is 5.32 Å². The summed E-state index contributed by atoms with van der Waals surface area (Å²) in [5, 5.41) is 11.5. The normalized spacial score (nSPS) is 15.2. The van der Waals surface area contributed by atoms with Gasteiger partial charge < -0.3 is 15.3 Å². The minimum absolute atomic E-state index is 0.127. The van der Waals surface area contributed by atoms with E-state index in [0.717, 1.165) is 24.6 Å². The molecule has 0 radical (unpaired) electrons. The molecule has 96 valence electrons. The molecule has 1 heterocycles. The lowest BCUT2D eigenvalue weighted by Crippen LogP contribution is -2.40. The molecule has 1 aromatic carbocycles. The quantitative estimate of drug-likeness (QED) is 0.858. The summed E-state index contributed by atoms with van der Waals surface area (Å²) in [5.74, 6) is 0.956. The number of benzene rings is 1. The van der Waals surface area contributed by atoms with Gasteiger partial charge in [0, 0.05) is 30.3 Å². The van der Waals surface area contributed by atoms with Gasteiger partial charge in [0.05, 0.1) is 5.56 Å². The molecular weight excluding hydrogens is 252 g/mol. The second-order valence-electron chi connectivity index (χ2n) is 3.91. The molecule has 6 heteroatoms. The fraction of sp³-hybridized carbons (Fsp3) is 0.333. The molecule has 0 unspecified atom stereocenters. The van der Waals surface area contributed by atoms with E-state index in [1.165, 1.54) is 12.1 Å². The Bertz CT molecular complexity index is 441. The summed E-state index contributed by atoms with van der Waals surface area (Å²) in [4.78, 5) is 24.3. The van der Waals surface area contributed by atoms with Gasteiger partial charge in [-0.1, -0.05) is 0 Å². The highest BCUT2D eigenvalue weighted by Crippen LogP contribution is 2.13. The number of nitrogens with one attached hydrogen (secondary N) is 1. The number of hydrogen-bond donors (Lipinski definition) is 2. The van der Waals surface area contributed by atoms with Gasteiger partial charge in [0.25, 0.3) is 0 Å². The molecule has 1 aromatic rings. The summed E-state index contributed by atoms with van der Waals surface area (Å²) in [6.07, 6.45) is 0. The lowest BCUT2D eigenvalue weighted by atomic mass is 10.2. The minimum Gasteiger partial charge on any atom is -0.478 e. The maximum Gasteiger partial charge on any atom is 0.335 e. The summed E-state index contributed by atoms with van der Waals surface area (Å²) in [5.41, 5.74) is 0.825. The summed E-state index contributed by atoms with van der Waals surface area (Å²) < 4.78 is 0. The van der Waals surface area contributed by atoms with Crippen molar-refractivity contribution < 1.29 is 14.7 Å². The molecule has 2 amide bonds. The molecule has 2 N–H and O–H groups in total. The molecular formula is C12H14N2O3S. The van der Waals surface area contributed by atoms with E-state index < -0.39 is 5.97 Å². The Morgan fingerprint density at radius 3 is 2.33 bits per heavy atom. The van der Waals surface area contributed by atoms with E-state index >= 15 is 0 Å². The number of rotatable bonds is 2. The Kier molecular flexibility index (Phi) is 4.09. The fourth-order valence-corrected chi connectivity index (χ4v) is 2.57. The summed E-state index contributed by atoms with van der Waals surface area (Å²) in [6, 6.07) is 6.02. The molecule has 0 atom stereocenters. The number of amides is 2. The average Bonchev–Trinajstić information content (AvgIpc) is 2.40. The molecule has 5 nitrogen and oxygen atoms in total. The maximum absolute atomic E-state index is 11.9. The van der Waals surface area contributed by atoms with Crippen LogP contribution in [-0.4, -0.2) is 46.6 Å². The number of carbonyl (C=O) groups is 2. The number of carbonyl (C=O) groups excluding carboxylic acids is 1. The molecule has 0 aliphatic carbocycles. The van der Waals surface area contributed by atoms with Crippen LogP contribution >= 0.6 is 11.8 Å². The SMILES string of the molecule is O=C(O)c1ccc(NC(=O)N2CCSCC2)cc1. The van der Waals surface area contributed by atoms with E-state index in [2.05, 4.69) is 5.32 Å². The average molecular weight is 266 g/mol. The maximum atomic E-state index is 11.9. The first-order valence-corrected chi connectivity index (χ1v) is 6.79. The molecule has 18 heavy (non-hydrogen) atoms. The lowest BCUT2D eigenvalue weighted by Gasteiger charge is -2.26. The Hall–Kier alpha value is -1.69. The number of thioether (sulfide) groups is 1. The van der Waals surface area contributed by atoms with E-state index in [1.54, 1.807) is 17.0 Å². The third kappa shape index (κ3) is 3.16. The van der Waals surface area contributed by atoms with Gasteiger partial charge in [-0.25, -0.2) is 9.59 Å². The molecule has 1 fully saturated rings. The van der Waals surface area contributed by atoms with Crippen molar-refractivity contribution in [2.45, 2.75) is 0 Å². The zero-order chi connectivity index (χ0) is 13.0. The third-order valence-electron chi connectivity index (χ3n) is 2.68. The zero-order valence-electron chi connectivity index (χ0n) is 9.76. The van der Waals surface area contributed by atoms with E-state index in [-0.39, 0.29) is 11.6 Å². The number of aromatic carboxylic acids is 1. The van der Waals surface area contributed by atoms with Crippen LogP contribution in [0, 0.1) is 0 Å². The highest BCUT2D eigenvalue weighted by Gasteiger charge is 2.16. The Morgan fingerprint density at radius 2 is 1.78 bits per heavy atom. The van der Waals surface area contributed by atoms with Crippen LogP contribution in [0.25, 0.3) is 0 Å². The highest BCUT2D eigenvalue weighted by atomic mass is 32.2. The predicted molar refractivity (Wildman–Crippen MR) is 71.3 cm³/mol. The van der Waals surface area contributed by atoms with Crippen LogP contribution in [0.15, 0.2) is 24.3 Å². The van der Waals surface area contributed by atoms with Crippen molar-refractivity contribution >= 4 is 29.4 Å². The molecule has 1 aliphatic heterocycles. The number of urea groups is 1. The van der Waals surface area contributed by atoms with Crippen LogP contribution in [0.2, 0.25) is 0 Å². The monoisotopic (exact) mass is 266 g/mol. The van der Waals surface area contributed by atoms with Crippen molar-refractivity contribution in [3.05, 3.63) is 29.8 Å². The van der Waals surface area contributed by atoms with Crippen molar-refractivity contribution in [2.75, 3.05) is 29.9 Å². The Labute approximate surface area is 109 Å². The van der Waals surface area contributed by atoms with Crippen LogP contribution in [0.5, 0.6) is 0 Å². The topological polar surface area (TPSA) is 69.6 Å². The second kappa shape index (κ2) is 5.77. The Morgan fingerprint density at radius 1 is 1.17 bits per heavy atom. The van der Waals surface area contributed by atoms with Gasteiger partial charge in [0.15, 0.2) is 0 Å². The van der Waals surface area contributed by atoms with Gasteiger partial charge in [0.2, 0.25) is 0 Å². The standard InChI is InChI=1S/C12H14N2O3S/c15-11(16)9-1-3-10(4-2-9)13-12(17)14-5-7-18-8-6-14/h1-4H,5-8H2,(H,13,17)(H,15,16). The molecule has 2 rings (SSSR count). The van der Waals surface area contributed by atoms with Crippen molar-refractivity contribution in [3.63, 3.8) is 0 Å². The van der Waals surface area contributed by atoms with Crippen molar-refractivity contribution in [3.8, 4) is 0 Å². The lowest BCUT2D eigenvalue weighted by molar-refractivity contribution is 0.0697. The first kappa shape index (κ1) is 12.8. The van der Waals surface area contributed by atoms with Gasteiger partial charge in [-0.3, -0.25) is 0 Å². The van der Waals surface area contributed by atoms with Gasteiger partial charge in [-0.15, -0.1) is 0 Å². The van der Waals surface area contributed by atoms with E-state index in [0.29, 0.717) is 5.69 Å². The number of hydrogen-bond acceptors (Lipinski definition) is 3.